The summed E-state index contributed by atoms with van der Waals surface area (Å²) in [5.41, 5.74) is 1.05. The number of carbonyl (C=O) groups is 1. The second-order valence-corrected chi connectivity index (χ2v) is 11.9. The molecule has 3 aromatic rings. The molecule has 0 aliphatic carbocycles. The lowest BCUT2D eigenvalue weighted by molar-refractivity contribution is -0.141. The van der Waals surface area contributed by atoms with Crippen LogP contribution in [0.1, 0.15) is 55.0 Å². The molecule has 0 unspecified atom stereocenters. The zero-order valence-electron chi connectivity index (χ0n) is 25.3. The van der Waals surface area contributed by atoms with Crippen LogP contribution in [0.3, 0.4) is 0 Å². The van der Waals surface area contributed by atoms with Gasteiger partial charge in [-0.1, -0.05) is 11.8 Å². The predicted molar refractivity (Wildman–Crippen MR) is 161 cm³/mol. The van der Waals surface area contributed by atoms with Crippen LogP contribution in [-0.2, 0) is 16.1 Å². The molecule has 2 fully saturated rings. The molecule has 240 valence electrons. The van der Waals surface area contributed by atoms with Crippen LogP contribution in [0, 0.1) is 34.7 Å². The molecule has 0 radical (unpaired) electrons. The van der Waals surface area contributed by atoms with Gasteiger partial charge in [0.25, 0.3) is 0 Å². The van der Waals surface area contributed by atoms with Crippen molar-refractivity contribution in [2.24, 2.45) is 5.41 Å². The molecule has 2 saturated heterocycles. The van der Waals surface area contributed by atoms with Crippen molar-refractivity contribution in [3.8, 4) is 17.6 Å². The van der Waals surface area contributed by atoms with Crippen LogP contribution in [0.25, 0.3) is 10.9 Å². The van der Waals surface area contributed by atoms with E-state index in [1.54, 1.807) is 19.4 Å². The number of rotatable bonds is 10. The van der Waals surface area contributed by atoms with E-state index in [-0.39, 0.29) is 24.9 Å². The summed E-state index contributed by atoms with van der Waals surface area (Å²) in [6.07, 6.45) is 1.85. The van der Waals surface area contributed by atoms with Gasteiger partial charge in [0.2, 0.25) is 0 Å². The minimum atomic E-state index is -1.35. The van der Waals surface area contributed by atoms with Gasteiger partial charge in [-0.25, -0.2) is 17.6 Å². The number of halogens is 4. The molecule has 1 atom stereocenters. The molecule has 45 heavy (non-hydrogen) atoms. The van der Waals surface area contributed by atoms with Crippen molar-refractivity contribution in [2.45, 2.75) is 44.8 Å². The van der Waals surface area contributed by atoms with E-state index in [4.69, 9.17) is 9.47 Å². The molecule has 1 N–H and O–H groups in total. The van der Waals surface area contributed by atoms with Crippen LogP contribution in [0.4, 0.5) is 17.6 Å². The molecule has 2 aromatic carbocycles. The van der Waals surface area contributed by atoms with Gasteiger partial charge in [-0.2, -0.15) is 0 Å². The quantitative estimate of drug-likeness (QED) is 0.171. The van der Waals surface area contributed by atoms with Crippen molar-refractivity contribution >= 4 is 16.9 Å². The molecule has 0 spiro atoms. The molecule has 2 aliphatic rings. The fourth-order valence-electron chi connectivity index (χ4n) is 6.35. The van der Waals surface area contributed by atoms with Gasteiger partial charge in [0.05, 0.1) is 44.4 Å². The second kappa shape index (κ2) is 14.6. The number of piperidine rings is 1. The number of pyridine rings is 1. The lowest BCUT2D eigenvalue weighted by atomic mass is 9.71. The largest absolute Gasteiger partial charge is 0.497 e. The first kappa shape index (κ1) is 32.7. The number of likely N-dealkylation sites (tertiary alicyclic amines) is 1. The molecule has 5 rings (SSSR count). The van der Waals surface area contributed by atoms with Gasteiger partial charge >= 0.3 is 5.97 Å². The number of alkyl halides is 1. The Bertz CT molecular complexity index is 1580. The molecule has 1 aromatic heterocycles. The van der Waals surface area contributed by atoms with Gasteiger partial charge in [0.15, 0.2) is 11.6 Å². The smallest absolute Gasteiger partial charge is 0.303 e. The van der Waals surface area contributed by atoms with Crippen molar-refractivity contribution in [3.63, 3.8) is 0 Å². The maximum atomic E-state index is 16.5. The molecule has 7 nitrogen and oxygen atoms in total. The van der Waals surface area contributed by atoms with Crippen LogP contribution >= 0.6 is 0 Å². The molecular formula is C34H37F4N3O4. The third kappa shape index (κ3) is 8.12. The van der Waals surface area contributed by atoms with Crippen molar-refractivity contribution < 1.29 is 36.9 Å². The number of aliphatic carboxylic acids is 1. The maximum absolute atomic E-state index is 16.5. The minimum Gasteiger partial charge on any atom is -0.497 e. The number of carboxylic acids is 1. The van der Waals surface area contributed by atoms with E-state index >= 15 is 4.39 Å². The summed E-state index contributed by atoms with van der Waals surface area (Å²) in [4.78, 5) is 20.7. The molecule has 0 amide bonds. The Hall–Kier alpha value is -3.72. The number of benzene rings is 2. The Labute approximate surface area is 260 Å². The molecule has 2 aliphatic heterocycles. The molecule has 0 saturated carbocycles. The summed E-state index contributed by atoms with van der Waals surface area (Å²) < 4.78 is 68.3. The first-order valence-electron chi connectivity index (χ1n) is 15.1. The Morgan fingerprint density at radius 3 is 2.58 bits per heavy atom. The van der Waals surface area contributed by atoms with Crippen molar-refractivity contribution in [2.75, 3.05) is 53.0 Å². The van der Waals surface area contributed by atoms with E-state index in [1.165, 1.54) is 0 Å². The highest BCUT2D eigenvalue weighted by Gasteiger charge is 2.37. The zero-order valence-corrected chi connectivity index (χ0v) is 25.3. The van der Waals surface area contributed by atoms with Crippen LogP contribution in [-0.4, -0.2) is 78.9 Å². The predicted octanol–water partition coefficient (Wildman–Crippen LogP) is 5.89. The van der Waals surface area contributed by atoms with Crippen molar-refractivity contribution in [1.29, 1.82) is 0 Å². The maximum Gasteiger partial charge on any atom is 0.303 e. The van der Waals surface area contributed by atoms with E-state index in [9.17, 15) is 23.1 Å². The Morgan fingerprint density at radius 2 is 1.87 bits per heavy atom. The average molecular weight is 628 g/mol. The number of hydrogen-bond acceptors (Lipinski definition) is 6. The van der Waals surface area contributed by atoms with Gasteiger partial charge in [0, 0.05) is 42.8 Å². The second-order valence-electron chi connectivity index (χ2n) is 11.9. The number of hydrogen-bond donors (Lipinski definition) is 1. The number of fused-ring (bicyclic) bond motifs is 1. The third-order valence-corrected chi connectivity index (χ3v) is 8.90. The van der Waals surface area contributed by atoms with Crippen LogP contribution in [0.2, 0.25) is 0 Å². The van der Waals surface area contributed by atoms with Crippen LogP contribution < -0.4 is 4.74 Å². The monoisotopic (exact) mass is 627 g/mol. The number of aromatic nitrogens is 1. The van der Waals surface area contributed by atoms with Gasteiger partial charge in [-0.05, 0) is 74.0 Å². The van der Waals surface area contributed by atoms with E-state index < -0.39 is 35.0 Å². The molecule has 0 bridgehead atoms. The minimum absolute atomic E-state index is 0.0848. The number of carboxylic acid groups (broad SMARTS) is 1. The lowest BCUT2D eigenvalue weighted by Gasteiger charge is -2.41. The van der Waals surface area contributed by atoms with Crippen LogP contribution in [0.5, 0.6) is 5.75 Å². The van der Waals surface area contributed by atoms with Crippen LogP contribution in [0.15, 0.2) is 36.5 Å². The lowest BCUT2D eigenvalue weighted by Crippen LogP contribution is -2.41. The summed E-state index contributed by atoms with van der Waals surface area (Å²) >= 11 is 0. The van der Waals surface area contributed by atoms with Gasteiger partial charge in [-0.3, -0.25) is 19.6 Å². The molecular weight excluding hydrogens is 590 g/mol. The Kier molecular flexibility index (Phi) is 10.6. The summed E-state index contributed by atoms with van der Waals surface area (Å²) in [7, 11) is 1.56. The van der Waals surface area contributed by atoms with E-state index in [2.05, 4.69) is 21.7 Å². The number of methoxy groups -OCH3 is 1. The van der Waals surface area contributed by atoms with E-state index in [0.717, 1.165) is 24.7 Å². The van der Waals surface area contributed by atoms with Crippen molar-refractivity contribution in [3.05, 3.63) is 70.7 Å². The Morgan fingerprint density at radius 1 is 1.11 bits per heavy atom. The standard InChI is InChI=1S/C34H37F4N3O4/c1-44-26-4-5-30-27(19-26)32(24(21-39-30)22-41-13-15-45-16-14-41)28(36)6-7-34(20-31(42)43)8-11-40(12-9-34)10-2-3-23-17-25(35)18-29(37)33(23)38/h4-5,17-19,21,28H,6-16,20,22H2,1H3,(H,42,43)/t28-/m0/s1. The SMILES string of the molecule is COc1ccc2ncc(CN3CCOCC3)c([C@@H](F)CCC3(CC(=O)O)CCN(CC#Cc4cc(F)cc(F)c4F)CC3)c2c1. The summed E-state index contributed by atoms with van der Waals surface area (Å²) in [6.45, 7) is 4.48. The Balaban J connectivity index is 1.30. The average Bonchev–Trinajstić information content (AvgIpc) is 3.03. The normalized spacial score (nSPS) is 17.9. The van der Waals surface area contributed by atoms with Crippen molar-refractivity contribution in [1.82, 2.24) is 14.8 Å². The fraction of sp³-hybridized carbons (Fsp3) is 0.471. The topological polar surface area (TPSA) is 75.1 Å². The highest BCUT2D eigenvalue weighted by molar-refractivity contribution is 5.85. The van der Waals surface area contributed by atoms with E-state index in [0.29, 0.717) is 80.4 Å². The summed E-state index contributed by atoms with van der Waals surface area (Å²) in [6, 6.07) is 6.73. The highest BCUT2D eigenvalue weighted by atomic mass is 19.2. The van der Waals surface area contributed by atoms with Gasteiger partial charge in [-0.15, -0.1) is 0 Å². The zero-order chi connectivity index (χ0) is 32.0. The van der Waals surface area contributed by atoms with Gasteiger partial charge in [0.1, 0.15) is 17.7 Å². The molecule has 3 heterocycles. The summed E-state index contributed by atoms with van der Waals surface area (Å²) in [5, 5.41) is 10.5. The highest BCUT2D eigenvalue weighted by Crippen LogP contribution is 2.43. The third-order valence-electron chi connectivity index (χ3n) is 8.90. The number of nitrogens with zero attached hydrogens (tertiary/aromatic N) is 3. The van der Waals surface area contributed by atoms with E-state index in [1.807, 2.05) is 17.0 Å². The first-order valence-corrected chi connectivity index (χ1v) is 15.1. The number of ether oxygens (including phenoxy) is 2. The van der Waals surface area contributed by atoms with Gasteiger partial charge < -0.3 is 14.6 Å². The first-order chi connectivity index (χ1) is 21.7. The number of morpholine rings is 1. The fourth-order valence-corrected chi connectivity index (χ4v) is 6.35. The summed E-state index contributed by atoms with van der Waals surface area (Å²) in [5.74, 6) is 1.53. The molecule has 11 heteroatoms.